The van der Waals surface area contributed by atoms with Crippen molar-refractivity contribution < 1.29 is 14.5 Å². The zero-order valence-corrected chi connectivity index (χ0v) is 20.3. The number of carbonyl (C=O) groups excluding carboxylic acids is 1. The Morgan fingerprint density at radius 2 is 1.75 bits per heavy atom. The van der Waals surface area contributed by atoms with Crippen molar-refractivity contribution in [3.8, 4) is 11.4 Å². The molecule has 0 unspecified atom stereocenters. The Morgan fingerprint density at radius 1 is 1.03 bits per heavy atom. The molecule has 0 spiro atoms. The molecule has 0 aliphatic heterocycles. The Kier molecular flexibility index (Phi) is 8.14. The fraction of sp³-hybridized carbons (Fsp3) is 0.160. The van der Waals surface area contributed by atoms with Gasteiger partial charge in [0, 0.05) is 23.6 Å². The fourth-order valence-corrected chi connectivity index (χ4v) is 4.32. The molecule has 0 atom stereocenters. The van der Waals surface area contributed by atoms with Gasteiger partial charge in [-0.3, -0.25) is 14.7 Å². The largest absolute Gasteiger partial charge is 0.492 e. The lowest BCUT2D eigenvalue weighted by Crippen LogP contribution is -2.29. The van der Waals surface area contributed by atoms with E-state index in [0.29, 0.717) is 40.5 Å². The monoisotopic (exact) mass is 504 g/mol. The molecule has 1 heterocycles. The predicted molar refractivity (Wildman–Crippen MR) is 137 cm³/mol. The van der Waals surface area contributed by atoms with Gasteiger partial charge in [0.25, 0.3) is 5.69 Å². The number of hydrogen-bond acceptors (Lipinski definition) is 7. The minimum Gasteiger partial charge on any atom is -0.492 e. The van der Waals surface area contributed by atoms with E-state index in [2.05, 4.69) is 20.8 Å². The zero-order valence-electron chi connectivity index (χ0n) is 19.5. The number of non-ortho nitro benzene ring substituents is 1. The number of rotatable bonds is 10. The number of ether oxygens (including phenoxy) is 1. The number of benzene rings is 3. The molecule has 2 amide bonds. The molecule has 0 saturated heterocycles. The van der Waals surface area contributed by atoms with Crippen LogP contribution in [0.4, 0.5) is 16.2 Å². The zero-order chi connectivity index (χ0) is 25.3. The maximum absolute atomic E-state index is 12.6. The van der Waals surface area contributed by atoms with Crippen LogP contribution >= 0.6 is 11.8 Å². The summed E-state index contributed by atoms with van der Waals surface area (Å²) < 4.78 is 7.33. The molecule has 10 nitrogen and oxygen atoms in total. The number of aromatic nitrogens is 3. The van der Waals surface area contributed by atoms with E-state index in [4.69, 9.17) is 4.74 Å². The van der Waals surface area contributed by atoms with Gasteiger partial charge in [-0.05, 0) is 36.8 Å². The lowest BCUT2D eigenvalue weighted by atomic mass is 10.2. The molecule has 1 aromatic heterocycles. The number of para-hydroxylation sites is 2. The first-order valence-corrected chi connectivity index (χ1v) is 12.2. The summed E-state index contributed by atoms with van der Waals surface area (Å²) in [5.74, 6) is 1.71. The van der Waals surface area contributed by atoms with E-state index < -0.39 is 11.0 Å². The number of nitro groups is 1. The highest BCUT2D eigenvalue weighted by atomic mass is 32.2. The minimum atomic E-state index is -0.450. The second kappa shape index (κ2) is 11.8. The normalized spacial score (nSPS) is 10.6. The van der Waals surface area contributed by atoms with Crippen LogP contribution in [-0.2, 0) is 12.3 Å². The van der Waals surface area contributed by atoms with Gasteiger partial charge in [-0.15, -0.1) is 10.2 Å². The van der Waals surface area contributed by atoms with Crippen molar-refractivity contribution in [3.05, 3.63) is 100 Å². The third-order valence-electron chi connectivity index (χ3n) is 5.07. The van der Waals surface area contributed by atoms with E-state index in [1.54, 1.807) is 34.9 Å². The lowest BCUT2D eigenvalue weighted by Gasteiger charge is -2.13. The Balaban J connectivity index is 1.53. The summed E-state index contributed by atoms with van der Waals surface area (Å²) in [7, 11) is 0. The summed E-state index contributed by atoms with van der Waals surface area (Å²) in [6.07, 6.45) is 0. The van der Waals surface area contributed by atoms with Crippen molar-refractivity contribution in [1.29, 1.82) is 0 Å². The van der Waals surface area contributed by atoms with Crippen LogP contribution in [0.1, 0.15) is 18.3 Å². The van der Waals surface area contributed by atoms with Gasteiger partial charge in [0.2, 0.25) is 0 Å². The SMILES string of the molecule is CCOc1ccccc1NC(=O)NCc1nnc(SCc2ccccc2)n1-c1ccc([N+](=O)[O-])cc1. The van der Waals surface area contributed by atoms with Gasteiger partial charge in [0.05, 0.1) is 23.8 Å². The first-order chi connectivity index (χ1) is 17.5. The van der Waals surface area contributed by atoms with Gasteiger partial charge in [0.1, 0.15) is 5.75 Å². The van der Waals surface area contributed by atoms with Crippen molar-refractivity contribution in [3.63, 3.8) is 0 Å². The molecular weight excluding hydrogens is 480 g/mol. The summed E-state index contributed by atoms with van der Waals surface area (Å²) >= 11 is 1.48. The van der Waals surface area contributed by atoms with Crippen molar-refractivity contribution in [2.24, 2.45) is 0 Å². The van der Waals surface area contributed by atoms with Crippen LogP contribution in [0.2, 0.25) is 0 Å². The Morgan fingerprint density at radius 3 is 2.47 bits per heavy atom. The highest BCUT2D eigenvalue weighted by Gasteiger charge is 2.17. The van der Waals surface area contributed by atoms with E-state index in [-0.39, 0.29) is 12.2 Å². The molecule has 36 heavy (non-hydrogen) atoms. The number of amides is 2. The second-order valence-electron chi connectivity index (χ2n) is 7.52. The summed E-state index contributed by atoms with van der Waals surface area (Å²) in [5.41, 5.74) is 2.30. The molecule has 4 aromatic rings. The minimum absolute atomic E-state index is 0.0164. The van der Waals surface area contributed by atoms with Crippen LogP contribution in [0, 0.1) is 10.1 Å². The van der Waals surface area contributed by atoms with Gasteiger partial charge < -0.3 is 15.4 Å². The molecule has 0 fully saturated rings. The van der Waals surface area contributed by atoms with Crippen LogP contribution < -0.4 is 15.4 Å². The quantitative estimate of drug-likeness (QED) is 0.173. The average molecular weight is 505 g/mol. The molecule has 3 aromatic carbocycles. The summed E-state index contributed by atoms with van der Waals surface area (Å²) in [6, 6.07) is 22.8. The summed E-state index contributed by atoms with van der Waals surface area (Å²) in [6.45, 7) is 2.43. The van der Waals surface area contributed by atoms with Crippen LogP contribution in [0.25, 0.3) is 5.69 Å². The van der Waals surface area contributed by atoms with Crippen molar-refractivity contribution in [2.75, 3.05) is 11.9 Å². The van der Waals surface area contributed by atoms with E-state index in [0.717, 1.165) is 5.56 Å². The number of nitrogens with one attached hydrogen (secondary N) is 2. The van der Waals surface area contributed by atoms with Gasteiger partial charge >= 0.3 is 6.03 Å². The molecule has 0 aliphatic carbocycles. The van der Waals surface area contributed by atoms with E-state index in [1.165, 1.54) is 23.9 Å². The second-order valence-corrected chi connectivity index (χ2v) is 8.46. The van der Waals surface area contributed by atoms with Gasteiger partial charge in [0.15, 0.2) is 11.0 Å². The van der Waals surface area contributed by atoms with E-state index in [9.17, 15) is 14.9 Å². The number of thioether (sulfide) groups is 1. The maximum Gasteiger partial charge on any atom is 0.319 e. The van der Waals surface area contributed by atoms with Gasteiger partial charge in [-0.1, -0.05) is 54.2 Å². The fourth-order valence-electron chi connectivity index (χ4n) is 3.39. The van der Waals surface area contributed by atoms with Crippen LogP contribution in [0.15, 0.2) is 84.0 Å². The number of anilines is 1. The molecule has 4 rings (SSSR count). The van der Waals surface area contributed by atoms with Crippen LogP contribution in [-0.4, -0.2) is 32.3 Å². The number of carbonyl (C=O) groups is 1. The number of nitro benzene ring substituents is 1. The van der Waals surface area contributed by atoms with Crippen molar-refractivity contribution in [1.82, 2.24) is 20.1 Å². The number of nitrogens with zero attached hydrogens (tertiary/aromatic N) is 4. The first-order valence-electron chi connectivity index (χ1n) is 11.2. The number of urea groups is 1. The molecular formula is C25H24N6O4S. The average Bonchev–Trinajstić information content (AvgIpc) is 3.31. The lowest BCUT2D eigenvalue weighted by molar-refractivity contribution is -0.384. The smallest absolute Gasteiger partial charge is 0.319 e. The molecule has 11 heteroatoms. The third-order valence-corrected chi connectivity index (χ3v) is 6.07. The summed E-state index contributed by atoms with van der Waals surface area (Å²) in [5, 5.41) is 25.9. The molecule has 184 valence electrons. The van der Waals surface area contributed by atoms with Crippen LogP contribution in [0.3, 0.4) is 0 Å². The first kappa shape index (κ1) is 24.7. The Labute approximate surface area is 211 Å². The van der Waals surface area contributed by atoms with Gasteiger partial charge in [-0.2, -0.15) is 0 Å². The van der Waals surface area contributed by atoms with Gasteiger partial charge in [-0.25, -0.2) is 4.79 Å². The molecule has 0 bridgehead atoms. The van der Waals surface area contributed by atoms with Crippen molar-refractivity contribution >= 4 is 29.2 Å². The molecule has 2 N–H and O–H groups in total. The van der Waals surface area contributed by atoms with E-state index >= 15 is 0 Å². The predicted octanol–water partition coefficient (Wildman–Crippen LogP) is 5.19. The molecule has 0 aliphatic rings. The Bertz CT molecular complexity index is 1330. The van der Waals surface area contributed by atoms with Crippen LogP contribution in [0.5, 0.6) is 5.75 Å². The standard InChI is InChI=1S/C25H24N6O4S/c1-2-35-22-11-7-6-10-21(22)27-24(32)26-16-23-28-29-25(36-17-18-8-4-3-5-9-18)30(23)19-12-14-20(15-13-19)31(33)34/h3-15H,2,16-17H2,1H3,(H2,26,27,32). The summed E-state index contributed by atoms with van der Waals surface area (Å²) in [4.78, 5) is 23.3. The highest BCUT2D eigenvalue weighted by molar-refractivity contribution is 7.98. The third kappa shape index (κ3) is 6.19. The highest BCUT2D eigenvalue weighted by Crippen LogP contribution is 2.27. The molecule has 0 saturated carbocycles. The topological polar surface area (TPSA) is 124 Å². The Hall–Kier alpha value is -4.38. The molecule has 0 radical (unpaired) electrons. The number of hydrogen-bond donors (Lipinski definition) is 2. The van der Waals surface area contributed by atoms with Crippen molar-refractivity contribution in [2.45, 2.75) is 24.4 Å². The van der Waals surface area contributed by atoms with E-state index in [1.807, 2.05) is 43.3 Å². The maximum atomic E-state index is 12.6.